The molecular formula is C23H35N3O3. The van der Waals surface area contributed by atoms with E-state index in [9.17, 15) is 9.90 Å². The number of carbonyl (C=O) groups excluding carboxylic acids is 1. The van der Waals surface area contributed by atoms with Gasteiger partial charge in [0, 0.05) is 13.1 Å². The molecule has 29 heavy (non-hydrogen) atoms. The minimum atomic E-state index is -0.423. The minimum Gasteiger partial charge on any atom is -0.506 e. The molecule has 1 saturated heterocycles. The molecular weight excluding hydrogens is 366 g/mol. The van der Waals surface area contributed by atoms with Gasteiger partial charge < -0.3 is 20.1 Å². The van der Waals surface area contributed by atoms with Crippen molar-refractivity contribution in [2.45, 2.75) is 58.9 Å². The average molecular weight is 402 g/mol. The second kappa shape index (κ2) is 9.51. The van der Waals surface area contributed by atoms with Crippen molar-refractivity contribution < 1.29 is 14.6 Å². The molecule has 1 heterocycles. The Morgan fingerprint density at radius 2 is 1.86 bits per heavy atom. The largest absolute Gasteiger partial charge is 0.506 e. The number of carbonyl (C=O) groups is 1. The third-order valence-electron chi connectivity index (χ3n) is 6.19. The van der Waals surface area contributed by atoms with Crippen molar-refractivity contribution in [3.63, 3.8) is 0 Å². The summed E-state index contributed by atoms with van der Waals surface area (Å²) < 4.78 is 4.83. The molecule has 2 fully saturated rings. The zero-order chi connectivity index (χ0) is 21.0. The third kappa shape index (κ3) is 5.43. The molecule has 3 rings (SSSR count). The Hall–Kier alpha value is -2.24. The molecule has 0 radical (unpaired) electrons. The van der Waals surface area contributed by atoms with Gasteiger partial charge in [0.1, 0.15) is 5.75 Å². The fourth-order valence-electron chi connectivity index (χ4n) is 4.68. The van der Waals surface area contributed by atoms with Gasteiger partial charge in [0.2, 0.25) is 0 Å². The van der Waals surface area contributed by atoms with Gasteiger partial charge in [-0.2, -0.15) is 0 Å². The van der Waals surface area contributed by atoms with Crippen molar-refractivity contribution >= 4 is 17.6 Å². The summed E-state index contributed by atoms with van der Waals surface area (Å²) in [7, 11) is 1.36. The lowest BCUT2D eigenvalue weighted by Crippen LogP contribution is -2.46. The van der Waals surface area contributed by atoms with E-state index in [-0.39, 0.29) is 11.8 Å². The predicted octanol–water partition coefficient (Wildman–Crippen LogP) is 4.50. The number of hydrogen-bond donors (Lipinski definition) is 2. The van der Waals surface area contributed by atoms with Crippen molar-refractivity contribution in [1.82, 2.24) is 4.90 Å². The molecule has 6 nitrogen and oxygen atoms in total. The number of benzene rings is 1. The van der Waals surface area contributed by atoms with Crippen molar-refractivity contribution in [2.24, 2.45) is 22.7 Å². The summed E-state index contributed by atoms with van der Waals surface area (Å²) in [5.74, 6) is 2.21. The predicted molar refractivity (Wildman–Crippen MR) is 116 cm³/mol. The van der Waals surface area contributed by atoms with E-state index in [1.54, 1.807) is 12.1 Å². The fraction of sp³-hybridized carbons (Fsp3) is 0.652. The molecule has 0 spiro atoms. The number of phenolic OH excluding ortho intramolecular Hbond substituents is 1. The Bertz CT molecular complexity index is 739. The maximum Gasteiger partial charge on any atom is 0.337 e. The van der Waals surface area contributed by atoms with Gasteiger partial charge in [0.15, 0.2) is 5.96 Å². The number of esters is 1. The first kappa shape index (κ1) is 21.5. The molecule has 2 aliphatic rings. The molecule has 1 aromatic rings. The summed E-state index contributed by atoms with van der Waals surface area (Å²) in [6.45, 7) is 8.71. The number of phenols is 1. The Morgan fingerprint density at radius 1 is 1.17 bits per heavy atom. The highest BCUT2D eigenvalue weighted by Gasteiger charge is 2.28. The summed E-state index contributed by atoms with van der Waals surface area (Å²) in [5, 5.41) is 13.8. The highest BCUT2D eigenvalue weighted by atomic mass is 16.5. The maximum atomic E-state index is 11.9. The van der Waals surface area contributed by atoms with E-state index in [0.29, 0.717) is 29.0 Å². The summed E-state index contributed by atoms with van der Waals surface area (Å²) in [5.41, 5.74) is 0.888. The lowest BCUT2D eigenvalue weighted by atomic mass is 9.86. The van der Waals surface area contributed by atoms with Gasteiger partial charge in [-0.1, -0.05) is 33.6 Å². The summed E-state index contributed by atoms with van der Waals surface area (Å²) in [6.07, 6.45) is 6.00. The Morgan fingerprint density at radius 3 is 2.52 bits per heavy atom. The van der Waals surface area contributed by atoms with E-state index in [1.165, 1.54) is 38.9 Å². The number of methoxy groups -OCH3 is 1. The SMILES string of the molecule is COC(=O)c1ccc(O)c(NC(=NC2CCCCC2C)N2CC(C)CC(C)C2)c1. The first-order valence-corrected chi connectivity index (χ1v) is 10.9. The number of aliphatic imine (C=N–C) groups is 1. The van der Waals surface area contributed by atoms with Gasteiger partial charge in [0.25, 0.3) is 0 Å². The first-order chi connectivity index (χ1) is 13.9. The molecule has 4 unspecified atom stereocenters. The number of nitrogens with one attached hydrogen (secondary N) is 1. The topological polar surface area (TPSA) is 74.2 Å². The van der Waals surface area contributed by atoms with Crippen molar-refractivity contribution in [3.05, 3.63) is 23.8 Å². The van der Waals surface area contributed by atoms with Crippen LogP contribution in [0.5, 0.6) is 5.75 Å². The molecule has 1 saturated carbocycles. The van der Waals surface area contributed by atoms with Gasteiger partial charge >= 0.3 is 5.97 Å². The average Bonchev–Trinajstić information content (AvgIpc) is 2.69. The van der Waals surface area contributed by atoms with Crippen LogP contribution in [-0.4, -0.2) is 48.2 Å². The molecule has 0 amide bonds. The Labute approximate surface area is 174 Å². The van der Waals surface area contributed by atoms with Crippen LogP contribution in [0.2, 0.25) is 0 Å². The minimum absolute atomic E-state index is 0.0974. The van der Waals surface area contributed by atoms with Gasteiger partial charge in [-0.15, -0.1) is 0 Å². The molecule has 0 bridgehead atoms. The number of hydrogen-bond acceptors (Lipinski definition) is 4. The van der Waals surface area contributed by atoms with Crippen LogP contribution >= 0.6 is 0 Å². The Balaban J connectivity index is 1.92. The van der Waals surface area contributed by atoms with E-state index in [4.69, 9.17) is 9.73 Å². The van der Waals surface area contributed by atoms with E-state index >= 15 is 0 Å². The molecule has 1 aliphatic carbocycles. The number of nitrogens with zero attached hydrogens (tertiary/aromatic N) is 2. The molecule has 1 aliphatic heterocycles. The van der Waals surface area contributed by atoms with Crippen molar-refractivity contribution in [2.75, 3.05) is 25.5 Å². The van der Waals surface area contributed by atoms with E-state index in [2.05, 4.69) is 31.0 Å². The first-order valence-electron chi connectivity index (χ1n) is 10.9. The van der Waals surface area contributed by atoms with Crippen LogP contribution in [0.4, 0.5) is 5.69 Å². The van der Waals surface area contributed by atoms with E-state index < -0.39 is 5.97 Å². The van der Waals surface area contributed by atoms with Crippen LogP contribution < -0.4 is 5.32 Å². The quantitative estimate of drug-likeness (QED) is 0.337. The van der Waals surface area contributed by atoms with Crippen LogP contribution in [0.25, 0.3) is 0 Å². The number of piperidine rings is 1. The highest BCUT2D eigenvalue weighted by molar-refractivity contribution is 5.97. The van der Waals surface area contributed by atoms with Crippen LogP contribution in [0.15, 0.2) is 23.2 Å². The number of aromatic hydroxyl groups is 1. The van der Waals surface area contributed by atoms with Crippen molar-refractivity contribution in [3.8, 4) is 5.75 Å². The van der Waals surface area contributed by atoms with Crippen molar-refractivity contribution in [1.29, 1.82) is 0 Å². The number of guanidine groups is 1. The van der Waals surface area contributed by atoms with Crippen LogP contribution in [0, 0.1) is 17.8 Å². The summed E-state index contributed by atoms with van der Waals surface area (Å²) in [4.78, 5) is 19.4. The lowest BCUT2D eigenvalue weighted by Gasteiger charge is -2.38. The van der Waals surface area contributed by atoms with Crippen LogP contribution in [-0.2, 0) is 4.74 Å². The highest BCUT2D eigenvalue weighted by Crippen LogP contribution is 2.30. The molecule has 1 aromatic carbocycles. The summed E-state index contributed by atoms with van der Waals surface area (Å²) >= 11 is 0. The monoisotopic (exact) mass is 401 g/mol. The van der Waals surface area contributed by atoms with Gasteiger partial charge in [0.05, 0.1) is 24.4 Å². The molecule has 0 aromatic heterocycles. The second-order valence-corrected chi connectivity index (χ2v) is 8.98. The van der Waals surface area contributed by atoms with Gasteiger partial charge in [-0.05, 0) is 55.2 Å². The number of likely N-dealkylation sites (tertiary alicyclic amines) is 1. The fourth-order valence-corrected chi connectivity index (χ4v) is 4.68. The number of rotatable bonds is 3. The normalized spacial score (nSPS) is 28.1. The van der Waals surface area contributed by atoms with Gasteiger partial charge in [-0.25, -0.2) is 9.79 Å². The summed E-state index contributed by atoms with van der Waals surface area (Å²) in [6, 6.07) is 5.01. The van der Waals surface area contributed by atoms with Crippen LogP contribution in [0.3, 0.4) is 0 Å². The Kier molecular flexibility index (Phi) is 7.04. The lowest BCUT2D eigenvalue weighted by molar-refractivity contribution is 0.0601. The number of ether oxygens (including phenoxy) is 1. The number of anilines is 1. The van der Waals surface area contributed by atoms with E-state index in [0.717, 1.165) is 25.5 Å². The zero-order valence-electron chi connectivity index (χ0n) is 18.1. The zero-order valence-corrected chi connectivity index (χ0v) is 18.1. The molecule has 2 N–H and O–H groups in total. The third-order valence-corrected chi connectivity index (χ3v) is 6.19. The molecule has 4 atom stereocenters. The van der Waals surface area contributed by atoms with E-state index in [1.807, 2.05) is 0 Å². The molecule has 160 valence electrons. The maximum absolute atomic E-state index is 11.9. The smallest absolute Gasteiger partial charge is 0.337 e. The second-order valence-electron chi connectivity index (χ2n) is 8.98. The molecule has 6 heteroatoms. The van der Waals surface area contributed by atoms with Crippen LogP contribution in [0.1, 0.15) is 63.2 Å². The standard InChI is InChI=1S/C23H35N3O3/c1-15-11-16(2)14-26(13-15)23(24-19-8-6-5-7-17(19)3)25-20-12-18(22(28)29-4)9-10-21(20)27/h9-10,12,15-17,19,27H,5-8,11,13-14H2,1-4H3,(H,24,25). The van der Waals surface area contributed by atoms with Gasteiger partial charge in [-0.3, -0.25) is 0 Å².